The molecule has 0 bridgehead atoms. The van der Waals surface area contributed by atoms with Gasteiger partial charge in [0.15, 0.2) is 0 Å². The lowest BCUT2D eigenvalue weighted by molar-refractivity contribution is 0.197. The van der Waals surface area contributed by atoms with Gasteiger partial charge in [-0.25, -0.2) is 0 Å². The second kappa shape index (κ2) is 6.81. The number of anilines is 1. The summed E-state index contributed by atoms with van der Waals surface area (Å²) in [4.78, 5) is 4.06. The molecule has 0 radical (unpaired) electrons. The molecule has 1 saturated carbocycles. The highest BCUT2D eigenvalue weighted by Gasteiger charge is 2.24. The maximum Gasteiger partial charge on any atom is 0.107 e. The summed E-state index contributed by atoms with van der Waals surface area (Å²) < 4.78 is 0. The van der Waals surface area contributed by atoms with Crippen molar-refractivity contribution in [1.82, 2.24) is 4.90 Å². The molecule has 1 aliphatic heterocycles. The Balaban J connectivity index is 1.73. The molecule has 0 unspecified atom stereocenters. The third-order valence-electron chi connectivity index (χ3n) is 4.94. The number of hydrogen-bond donors (Lipinski definition) is 1. The van der Waals surface area contributed by atoms with E-state index in [1.807, 2.05) is 7.05 Å². The normalized spacial score (nSPS) is 20.6. The molecule has 0 spiro atoms. The zero-order valence-corrected chi connectivity index (χ0v) is 13.8. The number of fused-ring (bicyclic) bond motifs is 1. The van der Waals surface area contributed by atoms with Crippen molar-refractivity contribution in [1.29, 1.82) is 5.26 Å². The number of nitrogens with one attached hydrogen (secondary N) is 1. The highest BCUT2D eigenvalue weighted by molar-refractivity contribution is 7.16. The fourth-order valence-corrected chi connectivity index (χ4v) is 5.04. The Hall–Kier alpha value is -1.05. The van der Waals surface area contributed by atoms with Gasteiger partial charge >= 0.3 is 0 Å². The second-order valence-electron chi connectivity index (χ2n) is 6.41. The molecule has 4 heteroatoms. The minimum absolute atomic E-state index is 0.900. The second-order valence-corrected chi connectivity index (χ2v) is 7.52. The van der Waals surface area contributed by atoms with Crippen LogP contribution in [0.5, 0.6) is 0 Å². The SMILES string of the molecule is CNc1sc2c(c1C#N)CCCN(CC1CCCCC1)C2. The molecule has 1 aliphatic carbocycles. The van der Waals surface area contributed by atoms with Gasteiger partial charge in [0.05, 0.1) is 5.56 Å². The summed E-state index contributed by atoms with van der Waals surface area (Å²) >= 11 is 1.79. The molecule has 1 N–H and O–H groups in total. The van der Waals surface area contributed by atoms with Crippen molar-refractivity contribution in [2.45, 2.75) is 51.5 Å². The summed E-state index contributed by atoms with van der Waals surface area (Å²) in [5.74, 6) is 0.902. The molecule has 2 heterocycles. The number of nitrogens with zero attached hydrogens (tertiary/aromatic N) is 2. The van der Waals surface area contributed by atoms with E-state index in [0.717, 1.165) is 29.4 Å². The number of nitriles is 1. The Bertz CT molecular complexity index is 523. The minimum Gasteiger partial charge on any atom is -0.379 e. The van der Waals surface area contributed by atoms with Gasteiger partial charge in [0.1, 0.15) is 11.1 Å². The van der Waals surface area contributed by atoms with Gasteiger partial charge in [0.2, 0.25) is 0 Å². The summed E-state index contributed by atoms with van der Waals surface area (Å²) in [5.41, 5.74) is 2.22. The van der Waals surface area contributed by atoms with Crippen LogP contribution in [0.3, 0.4) is 0 Å². The predicted octanol–water partition coefficient (Wildman–Crippen LogP) is 3.99. The van der Waals surface area contributed by atoms with Gasteiger partial charge in [-0.2, -0.15) is 5.26 Å². The van der Waals surface area contributed by atoms with Crippen molar-refractivity contribution in [2.75, 3.05) is 25.5 Å². The fraction of sp³-hybridized carbons (Fsp3) is 0.706. The van der Waals surface area contributed by atoms with Crippen LogP contribution in [0.25, 0.3) is 0 Å². The van der Waals surface area contributed by atoms with Gasteiger partial charge < -0.3 is 5.32 Å². The molecule has 1 aromatic heterocycles. The third-order valence-corrected chi connectivity index (χ3v) is 6.17. The average Bonchev–Trinajstić information content (AvgIpc) is 2.73. The van der Waals surface area contributed by atoms with Crippen LogP contribution < -0.4 is 5.32 Å². The summed E-state index contributed by atoms with van der Waals surface area (Å²) in [6.07, 6.45) is 9.36. The summed E-state index contributed by atoms with van der Waals surface area (Å²) in [6.45, 7) is 3.50. The lowest BCUT2D eigenvalue weighted by atomic mass is 9.89. The van der Waals surface area contributed by atoms with Crippen molar-refractivity contribution >= 4 is 16.3 Å². The minimum atomic E-state index is 0.900. The first-order valence-electron chi connectivity index (χ1n) is 8.26. The Morgan fingerprint density at radius 1 is 1.29 bits per heavy atom. The van der Waals surface area contributed by atoms with E-state index in [0.29, 0.717) is 0 Å². The van der Waals surface area contributed by atoms with E-state index in [2.05, 4.69) is 16.3 Å². The standard InChI is InChI=1S/C17H25N3S/c1-19-17-15(10-18)14-8-5-9-20(12-16(14)21-17)11-13-6-3-2-4-7-13/h13,19H,2-9,11-12H2,1H3. The van der Waals surface area contributed by atoms with Crippen molar-refractivity contribution in [3.05, 3.63) is 16.0 Å². The highest BCUT2D eigenvalue weighted by atomic mass is 32.1. The molecular weight excluding hydrogens is 278 g/mol. The summed E-state index contributed by atoms with van der Waals surface area (Å²) in [5, 5.41) is 13.7. The summed E-state index contributed by atoms with van der Waals surface area (Å²) in [6, 6.07) is 2.41. The van der Waals surface area contributed by atoms with Crippen LogP contribution in [0.4, 0.5) is 5.00 Å². The van der Waals surface area contributed by atoms with Crippen molar-refractivity contribution in [3.8, 4) is 6.07 Å². The summed E-state index contributed by atoms with van der Waals surface area (Å²) in [7, 11) is 1.92. The van der Waals surface area contributed by atoms with Gasteiger partial charge in [0.25, 0.3) is 0 Å². The first kappa shape index (κ1) is 14.9. The van der Waals surface area contributed by atoms with Crippen LogP contribution in [0.15, 0.2) is 0 Å². The topological polar surface area (TPSA) is 39.1 Å². The fourth-order valence-electron chi connectivity index (χ4n) is 3.85. The molecule has 0 saturated heterocycles. The molecular formula is C17H25N3S. The van der Waals surface area contributed by atoms with Gasteiger partial charge in [-0.05, 0) is 43.7 Å². The number of thiophene rings is 1. The number of hydrogen-bond acceptors (Lipinski definition) is 4. The van der Waals surface area contributed by atoms with Crippen LogP contribution in [0.1, 0.15) is 54.5 Å². The molecule has 1 fully saturated rings. The largest absolute Gasteiger partial charge is 0.379 e. The van der Waals surface area contributed by atoms with Crippen molar-refractivity contribution < 1.29 is 0 Å². The van der Waals surface area contributed by atoms with E-state index in [1.165, 1.54) is 62.1 Å². The van der Waals surface area contributed by atoms with Gasteiger partial charge in [-0.1, -0.05) is 19.3 Å². The van der Waals surface area contributed by atoms with Crippen LogP contribution in [-0.4, -0.2) is 25.0 Å². The zero-order chi connectivity index (χ0) is 14.7. The average molecular weight is 303 g/mol. The molecule has 1 aromatic rings. The maximum absolute atomic E-state index is 9.42. The van der Waals surface area contributed by atoms with E-state index >= 15 is 0 Å². The Morgan fingerprint density at radius 2 is 2.10 bits per heavy atom. The van der Waals surface area contributed by atoms with Gasteiger partial charge in [0, 0.05) is 25.0 Å². The highest BCUT2D eigenvalue weighted by Crippen LogP contribution is 2.36. The quantitative estimate of drug-likeness (QED) is 0.917. The lowest BCUT2D eigenvalue weighted by Gasteiger charge is -2.28. The maximum atomic E-state index is 9.42. The van der Waals surface area contributed by atoms with E-state index in [9.17, 15) is 5.26 Å². The van der Waals surface area contributed by atoms with Crippen molar-refractivity contribution in [2.24, 2.45) is 5.92 Å². The van der Waals surface area contributed by atoms with E-state index < -0.39 is 0 Å². The Kier molecular flexibility index (Phi) is 4.82. The third kappa shape index (κ3) is 3.25. The molecule has 0 atom stereocenters. The molecule has 3 nitrogen and oxygen atoms in total. The van der Waals surface area contributed by atoms with E-state index in [1.54, 1.807) is 11.3 Å². The van der Waals surface area contributed by atoms with Crippen LogP contribution in [-0.2, 0) is 13.0 Å². The van der Waals surface area contributed by atoms with Crippen LogP contribution in [0, 0.1) is 17.2 Å². The molecule has 2 aliphatic rings. The Morgan fingerprint density at radius 3 is 2.81 bits per heavy atom. The van der Waals surface area contributed by atoms with Gasteiger partial charge in [-0.15, -0.1) is 11.3 Å². The van der Waals surface area contributed by atoms with Crippen LogP contribution >= 0.6 is 11.3 Å². The predicted molar refractivity (Wildman–Crippen MR) is 88.8 cm³/mol. The monoisotopic (exact) mass is 303 g/mol. The molecule has 0 aromatic carbocycles. The Labute approximate surface area is 132 Å². The molecule has 114 valence electrons. The molecule has 3 rings (SSSR count). The number of rotatable bonds is 3. The first-order chi connectivity index (χ1) is 10.3. The van der Waals surface area contributed by atoms with Crippen molar-refractivity contribution in [3.63, 3.8) is 0 Å². The zero-order valence-electron chi connectivity index (χ0n) is 13.0. The first-order valence-corrected chi connectivity index (χ1v) is 9.08. The lowest BCUT2D eigenvalue weighted by Crippen LogP contribution is -2.30. The van der Waals surface area contributed by atoms with Crippen LogP contribution in [0.2, 0.25) is 0 Å². The van der Waals surface area contributed by atoms with E-state index in [4.69, 9.17) is 0 Å². The van der Waals surface area contributed by atoms with E-state index in [-0.39, 0.29) is 0 Å². The smallest absolute Gasteiger partial charge is 0.107 e. The van der Waals surface area contributed by atoms with Gasteiger partial charge in [-0.3, -0.25) is 4.90 Å². The molecule has 21 heavy (non-hydrogen) atoms. The molecule has 0 amide bonds.